The van der Waals surface area contributed by atoms with Crippen LogP contribution < -0.4 is 4.90 Å². The molecular formula is C16H21N3O6. The second-order valence-corrected chi connectivity index (χ2v) is 6.50. The molecule has 2 aliphatic rings. The monoisotopic (exact) mass is 351 g/mol. The first kappa shape index (κ1) is 16.7. The number of furan rings is 1. The highest BCUT2D eigenvalue weighted by Gasteiger charge is 2.44. The van der Waals surface area contributed by atoms with Crippen LogP contribution in [-0.4, -0.2) is 74.5 Å². The van der Waals surface area contributed by atoms with Gasteiger partial charge in [0.2, 0.25) is 0 Å². The SMILES string of the molecule is OCC1CCCN1c1ncnc2c([C@@H]3O[C@H](CO)[C@@H](O)[C@H]3O)coc12. The quantitative estimate of drug-likeness (QED) is 0.566. The number of nitrogens with zero attached hydrogens (tertiary/aromatic N) is 3. The van der Waals surface area contributed by atoms with Crippen LogP contribution in [0.4, 0.5) is 5.82 Å². The molecule has 136 valence electrons. The Balaban J connectivity index is 1.72. The Labute approximate surface area is 143 Å². The minimum Gasteiger partial charge on any atom is -0.458 e. The molecule has 0 aromatic carbocycles. The van der Waals surface area contributed by atoms with Crippen LogP contribution in [-0.2, 0) is 4.74 Å². The largest absolute Gasteiger partial charge is 0.458 e. The Bertz CT molecular complexity index is 753. The molecule has 25 heavy (non-hydrogen) atoms. The Morgan fingerprint density at radius 1 is 1.16 bits per heavy atom. The average molecular weight is 351 g/mol. The fourth-order valence-corrected chi connectivity index (χ4v) is 3.72. The van der Waals surface area contributed by atoms with Crippen LogP contribution in [0.3, 0.4) is 0 Å². The molecule has 4 heterocycles. The topological polar surface area (TPSA) is 132 Å². The number of hydrogen-bond donors (Lipinski definition) is 4. The molecule has 4 rings (SSSR count). The van der Waals surface area contributed by atoms with E-state index in [1.807, 2.05) is 4.90 Å². The molecule has 2 aromatic heterocycles. The zero-order valence-corrected chi connectivity index (χ0v) is 13.5. The summed E-state index contributed by atoms with van der Waals surface area (Å²) in [7, 11) is 0. The molecule has 5 atom stereocenters. The molecule has 0 amide bonds. The standard InChI is InChI=1S/C16H21N3O6/c20-4-8-2-1-3-19(8)16-15-11(17-7-18-16)9(6-24-15)14-13(23)12(22)10(5-21)25-14/h6-8,10,12-14,20-23H,1-5H2/t8?,10-,12-,13-,14+/m1/s1. The maximum atomic E-state index is 10.2. The predicted molar refractivity (Wildman–Crippen MR) is 86.0 cm³/mol. The second-order valence-electron chi connectivity index (χ2n) is 6.50. The van der Waals surface area contributed by atoms with Gasteiger partial charge in [-0.25, -0.2) is 9.97 Å². The van der Waals surface area contributed by atoms with Crippen molar-refractivity contribution in [3.8, 4) is 0 Å². The summed E-state index contributed by atoms with van der Waals surface area (Å²) >= 11 is 0. The molecule has 2 fully saturated rings. The van der Waals surface area contributed by atoms with E-state index in [1.165, 1.54) is 12.6 Å². The summed E-state index contributed by atoms with van der Waals surface area (Å²) in [6.45, 7) is 0.409. The minimum absolute atomic E-state index is 0.0134. The first-order chi connectivity index (χ1) is 12.2. The lowest BCUT2D eigenvalue weighted by molar-refractivity contribution is -0.0226. The van der Waals surface area contributed by atoms with Gasteiger partial charge in [0.15, 0.2) is 11.4 Å². The second kappa shape index (κ2) is 6.50. The zero-order chi connectivity index (χ0) is 17.6. The zero-order valence-electron chi connectivity index (χ0n) is 13.5. The minimum atomic E-state index is -1.19. The molecule has 0 aliphatic carbocycles. The summed E-state index contributed by atoms with van der Waals surface area (Å²) in [5.41, 5.74) is 1.44. The Morgan fingerprint density at radius 3 is 2.72 bits per heavy atom. The fourth-order valence-electron chi connectivity index (χ4n) is 3.72. The molecule has 0 saturated carbocycles. The van der Waals surface area contributed by atoms with Gasteiger partial charge >= 0.3 is 0 Å². The number of aliphatic hydroxyl groups excluding tert-OH is 4. The third kappa shape index (κ3) is 2.59. The molecule has 9 nitrogen and oxygen atoms in total. The van der Waals surface area contributed by atoms with Crippen molar-refractivity contribution in [2.24, 2.45) is 0 Å². The van der Waals surface area contributed by atoms with Gasteiger partial charge < -0.3 is 34.5 Å². The van der Waals surface area contributed by atoms with Crippen LogP contribution in [0.25, 0.3) is 11.1 Å². The molecule has 9 heteroatoms. The third-order valence-electron chi connectivity index (χ3n) is 5.07. The normalized spacial score (nSPS) is 32.8. The lowest BCUT2D eigenvalue weighted by Gasteiger charge is -2.23. The van der Waals surface area contributed by atoms with Crippen LogP contribution in [0, 0.1) is 0 Å². The molecule has 2 saturated heterocycles. The van der Waals surface area contributed by atoms with Crippen molar-refractivity contribution < 1.29 is 29.6 Å². The Morgan fingerprint density at radius 2 is 2.00 bits per heavy atom. The third-order valence-corrected chi connectivity index (χ3v) is 5.07. The molecule has 0 radical (unpaired) electrons. The van der Waals surface area contributed by atoms with E-state index in [2.05, 4.69) is 9.97 Å². The van der Waals surface area contributed by atoms with Gasteiger partial charge in [0.05, 0.1) is 25.5 Å². The molecule has 2 aliphatic heterocycles. The van der Waals surface area contributed by atoms with E-state index < -0.39 is 31.0 Å². The lowest BCUT2D eigenvalue weighted by atomic mass is 10.0. The van der Waals surface area contributed by atoms with E-state index >= 15 is 0 Å². The van der Waals surface area contributed by atoms with E-state index in [9.17, 15) is 20.4 Å². The highest BCUT2D eigenvalue weighted by molar-refractivity contribution is 5.87. The first-order valence-electron chi connectivity index (χ1n) is 8.37. The molecular weight excluding hydrogens is 330 g/mol. The molecule has 0 spiro atoms. The number of hydrogen-bond acceptors (Lipinski definition) is 9. The summed E-state index contributed by atoms with van der Waals surface area (Å²) in [5, 5.41) is 39.0. The van der Waals surface area contributed by atoms with Crippen LogP contribution >= 0.6 is 0 Å². The van der Waals surface area contributed by atoms with Gasteiger partial charge in [0, 0.05) is 12.1 Å². The molecule has 1 unspecified atom stereocenters. The smallest absolute Gasteiger partial charge is 0.195 e. The van der Waals surface area contributed by atoms with E-state index in [-0.39, 0.29) is 12.6 Å². The molecule has 2 aromatic rings. The van der Waals surface area contributed by atoms with Crippen molar-refractivity contribution in [1.82, 2.24) is 9.97 Å². The predicted octanol–water partition coefficient (Wildman–Crippen LogP) is -0.662. The first-order valence-corrected chi connectivity index (χ1v) is 8.37. The van der Waals surface area contributed by atoms with Crippen molar-refractivity contribution in [3.05, 3.63) is 18.2 Å². The maximum absolute atomic E-state index is 10.2. The summed E-state index contributed by atoms with van der Waals surface area (Å²) in [4.78, 5) is 10.6. The average Bonchev–Trinajstić information content (AvgIpc) is 3.33. The number of anilines is 1. The van der Waals surface area contributed by atoms with Gasteiger partial charge in [-0.3, -0.25) is 0 Å². The summed E-state index contributed by atoms with van der Waals surface area (Å²) in [5.74, 6) is 0.597. The summed E-state index contributed by atoms with van der Waals surface area (Å²) in [6.07, 6.45) is 0.612. The molecule has 0 bridgehead atoms. The van der Waals surface area contributed by atoms with E-state index in [4.69, 9.17) is 9.15 Å². The number of aromatic nitrogens is 2. The van der Waals surface area contributed by atoms with Gasteiger partial charge in [-0.2, -0.15) is 0 Å². The molecule has 4 N–H and O–H groups in total. The van der Waals surface area contributed by atoms with E-state index in [1.54, 1.807) is 0 Å². The van der Waals surface area contributed by atoms with E-state index in [0.29, 0.717) is 22.5 Å². The van der Waals surface area contributed by atoms with Crippen LogP contribution in [0.2, 0.25) is 0 Å². The van der Waals surface area contributed by atoms with Gasteiger partial charge in [-0.15, -0.1) is 0 Å². The van der Waals surface area contributed by atoms with Gasteiger partial charge in [0.1, 0.15) is 36.3 Å². The van der Waals surface area contributed by atoms with Crippen LogP contribution in [0.5, 0.6) is 0 Å². The van der Waals surface area contributed by atoms with E-state index in [0.717, 1.165) is 19.4 Å². The number of ether oxygens (including phenoxy) is 1. The van der Waals surface area contributed by atoms with Gasteiger partial charge in [0.25, 0.3) is 0 Å². The van der Waals surface area contributed by atoms with Gasteiger partial charge in [-0.1, -0.05) is 0 Å². The van der Waals surface area contributed by atoms with Crippen molar-refractivity contribution in [1.29, 1.82) is 0 Å². The highest BCUT2D eigenvalue weighted by atomic mass is 16.6. The van der Waals surface area contributed by atoms with Gasteiger partial charge in [-0.05, 0) is 12.8 Å². The maximum Gasteiger partial charge on any atom is 0.195 e. The Kier molecular flexibility index (Phi) is 4.34. The van der Waals surface area contributed by atoms with Crippen molar-refractivity contribution in [2.45, 2.75) is 43.3 Å². The van der Waals surface area contributed by atoms with Crippen LogP contribution in [0.15, 0.2) is 17.0 Å². The summed E-state index contributed by atoms with van der Waals surface area (Å²) < 4.78 is 11.2. The van der Waals surface area contributed by atoms with Crippen LogP contribution in [0.1, 0.15) is 24.5 Å². The fraction of sp³-hybridized carbons (Fsp3) is 0.625. The number of rotatable bonds is 4. The number of aliphatic hydroxyl groups is 4. The van der Waals surface area contributed by atoms with Crippen molar-refractivity contribution >= 4 is 16.9 Å². The van der Waals surface area contributed by atoms with Crippen molar-refractivity contribution in [3.63, 3.8) is 0 Å². The Hall–Kier alpha value is -1.78. The summed E-state index contributed by atoms with van der Waals surface area (Å²) in [6, 6.07) is -0.0134. The lowest BCUT2D eigenvalue weighted by Crippen LogP contribution is -2.33. The number of fused-ring (bicyclic) bond motifs is 1. The van der Waals surface area contributed by atoms with Crippen molar-refractivity contribution in [2.75, 3.05) is 24.7 Å². The highest BCUT2D eigenvalue weighted by Crippen LogP contribution is 2.39.